The Kier molecular flexibility index (Phi) is 3.97. The predicted molar refractivity (Wildman–Crippen MR) is 69.2 cm³/mol. The molecule has 0 spiro atoms. The van der Waals surface area contributed by atoms with Crippen LogP contribution >= 0.6 is 11.6 Å². The maximum atomic E-state index is 13.5. The number of carbonyl (C=O) groups is 1. The average molecular weight is 281 g/mol. The Morgan fingerprint density at radius 2 is 2.21 bits per heavy atom. The predicted octanol–water partition coefficient (Wildman–Crippen LogP) is 2.81. The summed E-state index contributed by atoms with van der Waals surface area (Å²) in [5.41, 5.74) is 6.07. The smallest absolute Gasteiger partial charge is 0.341 e. The molecule has 0 saturated carbocycles. The standard InChI is InChI=1S/C13H10ClFN2O2/c14-11-6-17-4-3-8(11)7-19-13(18)10-2-1-9(16)5-12(10)15/h1-6H,7,16H2. The fraction of sp³-hybridized carbons (Fsp3) is 0.0769. The number of esters is 1. The molecule has 98 valence electrons. The first kappa shape index (κ1) is 13.3. The number of anilines is 1. The molecule has 0 bridgehead atoms. The number of nitrogens with zero attached hydrogens (tertiary/aromatic N) is 1. The highest BCUT2D eigenvalue weighted by molar-refractivity contribution is 6.31. The number of rotatable bonds is 3. The van der Waals surface area contributed by atoms with Crippen molar-refractivity contribution in [2.45, 2.75) is 6.61 Å². The van der Waals surface area contributed by atoms with Crippen LogP contribution in [0.2, 0.25) is 5.02 Å². The molecular formula is C13H10ClFN2O2. The van der Waals surface area contributed by atoms with Crippen LogP contribution in [0, 0.1) is 5.82 Å². The second-order valence-corrected chi connectivity index (χ2v) is 4.19. The average Bonchev–Trinajstić information content (AvgIpc) is 2.37. The van der Waals surface area contributed by atoms with E-state index in [0.29, 0.717) is 10.6 Å². The summed E-state index contributed by atoms with van der Waals surface area (Å²) >= 11 is 5.86. The Hall–Kier alpha value is -2.14. The molecule has 0 aliphatic carbocycles. The van der Waals surface area contributed by atoms with Crippen LogP contribution in [-0.2, 0) is 11.3 Å². The maximum Gasteiger partial charge on any atom is 0.341 e. The number of nitrogen functional groups attached to an aromatic ring is 1. The van der Waals surface area contributed by atoms with Crippen LogP contribution in [0.3, 0.4) is 0 Å². The van der Waals surface area contributed by atoms with Gasteiger partial charge in [-0.2, -0.15) is 0 Å². The van der Waals surface area contributed by atoms with Crippen molar-refractivity contribution in [3.63, 3.8) is 0 Å². The lowest BCUT2D eigenvalue weighted by Gasteiger charge is -2.07. The summed E-state index contributed by atoms with van der Waals surface area (Å²) in [6.45, 7) is -0.0516. The summed E-state index contributed by atoms with van der Waals surface area (Å²) in [7, 11) is 0. The molecule has 2 N–H and O–H groups in total. The highest BCUT2D eigenvalue weighted by atomic mass is 35.5. The minimum atomic E-state index is -0.773. The van der Waals surface area contributed by atoms with E-state index in [1.54, 1.807) is 6.07 Å². The van der Waals surface area contributed by atoms with E-state index >= 15 is 0 Å². The molecule has 0 saturated heterocycles. The summed E-state index contributed by atoms with van der Waals surface area (Å²) in [4.78, 5) is 15.5. The van der Waals surface area contributed by atoms with Gasteiger partial charge in [0.2, 0.25) is 0 Å². The highest BCUT2D eigenvalue weighted by Gasteiger charge is 2.14. The van der Waals surface area contributed by atoms with E-state index in [4.69, 9.17) is 22.1 Å². The number of pyridine rings is 1. The second-order valence-electron chi connectivity index (χ2n) is 3.78. The fourth-order valence-electron chi connectivity index (χ4n) is 1.44. The van der Waals surface area contributed by atoms with Crippen molar-refractivity contribution >= 4 is 23.3 Å². The van der Waals surface area contributed by atoms with Crippen molar-refractivity contribution < 1.29 is 13.9 Å². The molecule has 19 heavy (non-hydrogen) atoms. The monoisotopic (exact) mass is 280 g/mol. The van der Waals surface area contributed by atoms with E-state index < -0.39 is 11.8 Å². The van der Waals surface area contributed by atoms with Gasteiger partial charge in [-0.15, -0.1) is 0 Å². The molecule has 1 heterocycles. The third kappa shape index (κ3) is 3.20. The first-order valence-corrected chi connectivity index (χ1v) is 5.76. The molecule has 0 radical (unpaired) electrons. The van der Waals surface area contributed by atoms with E-state index in [1.807, 2.05) is 0 Å². The number of aromatic nitrogens is 1. The zero-order chi connectivity index (χ0) is 13.8. The van der Waals surface area contributed by atoms with Gasteiger partial charge in [0, 0.05) is 23.6 Å². The van der Waals surface area contributed by atoms with Gasteiger partial charge < -0.3 is 10.5 Å². The SMILES string of the molecule is Nc1ccc(C(=O)OCc2ccncc2Cl)c(F)c1. The van der Waals surface area contributed by atoms with Crippen molar-refractivity contribution in [2.24, 2.45) is 0 Å². The number of carbonyl (C=O) groups excluding carboxylic acids is 1. The molecule has 6 heteroatoms. The summed E-state index contributed by atoms with van der Waals surface area (Å²) in [6, 6.07) is 5.39. The first-order chi connectivity index (χ1) is 9.08. The van der Waals surface area contributed by atoms with Crippen molar-refractivity contribution in [1.82, 2.24) is 4.98 Å². The van der Waals surface area contributed by atoms with Gasteiger partial charge in [0.05, 0.1) is 10.6 Å². The first-order valence-electron chi connectivity index (χ1n) is 5.38. The summed E-state index contributed by atoms with van der Waals surface area (Å²) in [6.07, 6.45) is 2.97. The molecule has 4 nitrogen and oxygen atoms in total. The van der Waals surface area contributed by atoms with Gasteiger partial charge in [-0.3, -0.25) is 4.98 Å². The minimum absolute atomic E-state index is 0.0516. The number of halogens is 2. The molecule has 0 aliphatic heterocycles. The Balaban J connectivity index is 2.08. The maximum absolute atomic E-state index is 13.5. The number of nitrogens with two attached hydrogens (primary N) is 1. The molecule has 1 aromatic carbocycles. The van der Waals surface area contributed by atoms with Gasteiger partial charge >= 0.3 is 5.97 Å². The molecule has 0 atom stereocenters. The van der Waals surface area contributed by atoms with Gasteiger partial charge in [0.1, 0.15) is 12.4 Å². The van der Waals surface area contributed by atoms with Crippen LogP contribution in [0.1, 0.15) is 15.9 Å². The number of hydrogen-bond donors (Lipinski definition) is 1. The lowest BCUT2D eigenvalue weighted by molar-refractivity contribution is 0.0467. The molecule has 0 unspecified atom stereocenters. The fourth-order valence-corrected chi connectivity index (χ4v) is 1.61. The Bertz CT molecular complexity index is 619. The van der Waals surface area contributed by atoms with E-state index in [0.717, 1.165) is 6.07 Å². The molecule has 1 aromatic heterocycles. The van der Waals surface area contributed by atoms with Gasteiger partial charge in [-0.1, -0.05) is 11.6 Å². The molecule has 2 aromatic rings. The molecule has 0 aliphatic rings. The minimum Gasteiger partial charge on any atom is -0.457 e. The normalized spacial score (nSPS) is 10.2. The van der Waals surface area contributed by atoms with E-state index in [2.05, 4.69) is 4.98 Å². The number of ether oxygens (including phenoxy) is 1. The van der Waals surface area contributed by atoms with Gasteiger partial charge in [-0.25, -0.2) is 9.18 Å². The van der Waals surface area contributed by atoms with Crippen LogP contribution < -0.4 is 5.73 Å². The second kappa shape index (κ2) is 5.67. The number of benzene rings is 1. The Labute approximate surface area is 114 Å². The van der Waals surface area contributed by atoms with Crippen LogP contribution in [0.25, 0.3) is 0 Å². The van der Waals surface area contributed by atoms with Crippen LogP contribution in [0.15, 0.2) is 36.7 Å². The zero-order valence-electron chi connectivity index (χ0n) is 9.77. The summed E-state index contributed by atoms with van der Waals surface area (Å²) < 4.78 is 18.5. The van der Waals surface area contributed by atoms with E-state index in [9.17, 15) is 9.18 Å². The van der Waals surface area contributed by atoms with Gasteiger partial charge in [0.15, 0.2) is 0 Å². The van der Waals surface area contributed by atoms with E-state index in [1.165, 1.54) is 24.5 Å². The lowest BCUT2D eigenvalue weighted by atomic mass is 10.2. The molecular weight excluding hydrogens is 271 g/mol. The van der Waals surface area contributed by atoms with Gasteiger partial charge in [-0.05, 0) is 24.3 Å². The zero-order valence-corrected chi connectivity index (χ0v) is 10.5. The van der Waals surface area contributed by atoms with Crippen LogP contribution in [-0.4, -0.2) is 11.0 Å². The van der Waals surface area contributed by atoms with Crippen LogP contribution in [0.5, 0.6) is 0 Å². The Morgan fingerprint density at radius 1 is 1.42 bits per heavy atom. The molecule has 2 rings (SSSR count). The topological polar surface area (TPSA) is 65.2 Å². The quantitative estimate of drug-likeness (QED) is 0.693. The largest absolute Gasteiger partial charge is 0.457 e. The summed E-state index contributed by atoms with van der Waals surface area (Å²) in [5.74, 6) is -1.49. The Morgan fingerprint density at radius 3 is 2.89 bits per heavy atom. The molecule has 0 amide bonds. The van der Waals surface area contributed by atoms with Crippen molar-refractivity contribution in [1.29, 1.82) is 0 Å². The van der Waals surface area contributed by atoms with Crippen molar-refractivity contribution in [3.8, 4) is 0 Å². The van der Waals surface area contributed by atoms with Crippen molar-refractivity contribution in [2.75, 3.05) is 5.73 Å². The lowest BCUT2D eigenvalue weighted by Crippen LogP contribution is -2.08. The van der Waals surface area contributed by atoms with Crippen molar-refractivity contribution in [3.05, 3.63) is 58.6 Å². The third-order valence-electron chi connectivity index (χ3n) is 2.43. The van der Waals surface area contributed by atoms with E-state index in [-0.39, 0.29) is 17.9 Å². The molecule has 0 fully saturated rings. The van der Waals surface area contributed by atoms with Crippen LogP contribution in [0.4, 0.5) is 10.1 Å². The number of hydrogen-bond acceptors (Lipinski definition) is 4. The highest BCUT2D eigenvalue weighted by Crippen LogP contribution is 2.17. The summed E-state index contributed by atoms with van der Waals surface area (Å²) in [5, 5.41) is 0.382. The van der Waals surface area contributed by atoms with Gasteiger partial charge in [0.25, 0.3) is 0 Å². The third-order valence-corrected chi connectivity index (χ3v) is 2.77.